The number of thiol groups is 2. The first-order chi connectivity index (χ1) is 17.9. The summed E-state index contributed by atoms with van der Waals surface area (Å²) in [4.78, 5) is 4.70. The molecule has 4 aromatic rings. The number of pyridine rings is 1. The molecule has 0 unspecified atom stereocenters. The lowest BCUT2D eigenvalue weighted by atomic mass is 10.1. The third-order valence-corrected chi connectivity index (χ3v) is 8.56. The summed E-state index contributed by atoms with van der Waals surface area (Å²) in [5, 5.41) is 0. The number of nitrogens with one attached hydrogen (secondary N) is 1. The molecular formula is C28H29N4O2S3+. The van der Waals surface area contributed by atoms with Crippen molar-refractivity contribution in [2.75, 3.05) is 35.8 Å². The summed E-state index contributed by atoms with van der Waals surface area (Å²) in [6.45, 7) is 3.53. The lowest BCUT2D eigenvalue weighted by Crippen LogP contribution is -2.47. The van der Waals surface area contributed by atoms with Gasteiger partial charge in [-0.05, 0) is 47.5 Å². The van der Waals surface area contributed by atoms with E-state index in [1.807, 2.05) is 59.4 Å². The van der Waals surface area contributed by atoms with E-state index in [4.69, 9.17) is 0 Å². The van der Waals surface area contributed by atoms with Crippen LogP contribution in [0, 0.1) is 0 Å². The Morgan fingerprint density at radius 3 is 1.92 bits per heavy atom. The van der Waals surface area contributed by atoms with Gasteiger partial charge in [-0.2, -0.15) is 4.57 Å². The van der Waals surface area contributed by atoms with Gasteiger partial charge in [0, 0.05) is 61.8 Å². The fourth-order valence-electron chi connectivity index (χ4n) is 4.38. The molecule has 0 radical (unpaired) electrons. The van der Waals surface area contributed by atoms with Crippen molar-refractivity contribution in [2.45, 2.75) is 9.60 Å². The minimum Gasteiger partial charge on any atom is -0.369 e. The van der Waals surface area contributed by atoms with E-state index >= 15 is 0 Å². The van der Waals surface area contributed by atoms with Gasteiger partial charge in [-0.25, -0.2) is 8.42 Å². The predicted molar refractivity (Wildman–Crippen MR) is 156 cm³/mol. The van der Waals surface area contributed by atoms with Gasteiger partial charge >= 0.3 is 0 Å². The van der Waals surface area contributed by atoms with E-state index in [9.17, 15) is 8.42 Å². The molecule has 1 fully saturated rings. The van der Waals surface area contributed by atoms with Crippen LogP contribution in [0.4, 0.5) is 11.4 Å². The second kappa shape index (κ2) is 11.2. The van der Waals surface area contributed by atoms with Crippen LogP contribution in [0.1, 0.15) is 0 Å². The van der Waals surface area contributed by atoms with Gasteiger partial charge in [0.1, 0.15) is 0 Å². The summed E-state index contributed by atoms with van der Waals surface area (Å²) in [6, 6.07) is 28.6. The van der Waals surface area contributed by atoms with Crippen molar-refractivity contribution in [3.8, 4) is 16.8 Å². The Labute approximate surface area is 229 Å². The minimum atomic E-state index is -3.71. The molecule has 0 bridgehead atoms. The minimum absolute atomic E-state index is 0.0493. The molecule has 0 saturated carbocycles. The maximum Gasteiger partial charge on any atom is 0.261 e. The van der Waals surface area contributed by atoms with E-state index in [0.717, 1.165) is 48.7 Å². The van der Waals surface area contributed by atoms with Crippen LogP contribution in [-0.4, -0.2) is 44.2 Å². The summed E-state index contributed by atoms with van der Waals surface area (Å²) in [5.41, 5.74) is 4.75. The van der Waals surface area contributed by atoms with E-state index < -0.39 is 10.0 Å². The van der Waals surface area contributed by atoms with Gasteiger partial charge in [0.25, 0.3) is 10.0 Å². The first-order valence-electron chi connectivity index (χ1n) is 12.0. The summed E-state index contributed by atoms with van der Waals surface area (Å²) in [5.74, 6) is 0. The van der Waals surface area contributed by atoms with Crippen LogP contribution in [0.15, 0.2) is 108 Å². The van der Waals surface area contributed by atoms with Crippen molar-refractivity contribution in [2.24, 2.45) is 0 Å². The van der Waals surface area contributed by atoms with Crippen molar-refractivity contribution in [3.05, 3.63) is 103 Å². The first-order valence-corrected chi connectivity index (χ1v) is 14.6. The van der Waals surface area contributed by atoms with Crippen LogP contribution in [0.5, 0.6) is 0 Å². The van der Waals surface area contributed by atoms with Gasteiger partial charge in [0.15, 0.2) is 12.4 Å². The molecule has 1 saturated heterocycles. The summed E-state index contributed by atoms with van der Waals surface area (Å²) >= 11 is 8.77. The molecule has 190 valence electrons. The van der Waals surface area contributed by atoms with Crippen molar-refractivity contribution in [3.63, 3.8) is 0 Å². The highest BCUT2D eigenvalue weighted by Crippen LogP contribution is 2.23. The number of hydrogen-bond acceptors (Lipinski definition) is 6. The molecule has 0 aliphatic carbocycles. The van der Waals surface area contributed by atoms with Crippen LogP contribution in [0.3, 0.4) is 0 Å². The summed E-state index contributed by atoms with van der Waals surface area (Å²) in [6.07, 6.45) is 3.95. The Kier molecular flexibility index (Phi) is 7.76. The van der Waals surface area contributed by atoms with Crippen LogP contribution >= 0.6 is 25.3 Å². The zero-order valence-corrected chi connectivity index (χ0v) is 22.8. The molecule has 0 atom stereocenters. The predicted octanol–water partition coefficient (Wildman–Crippen LogP) is 4.70. The van der Waals surface area contributed by atoms with E-state index in [2.05, 4.69) is 51.9 Å². The molecule has 37 heavy (non-hydrogen) atoms. The Morgan fingerprint density at radius 1 is 0.730 bits per heavy atom. The van der Waals surface area contributed by atoms with Gasteiger partial charge < -0.3 is 4.90 Å². The molecule has 1 aromatic heterocycles. The quantitative estimate of drug-likeness (QED) is 0.178. The van der Waals surface area contributed by atoms with Crippen LogP contribution < -0.4 is 14.2 Å². The molecular weight excluding hydrogens is 521 g/mol. The smallest absolute Gasteiger partial charge is 0.261 e. The van der Waals surface area contributed by atoms with E-state index in [1.54, 1.807) is 36.4 Å². The van der Waals surface area contributed by atoms with Gasteiger partial charge in [0.2, 0.25) is 5.69 Å². The van der Waals surface area contributed by atoms with Crippen molar-refractivity contribution in [1.29, 1.82) is 0 Å². The first kappa shape index (κ1) is 25.7. The van der Waals surface area contributed by atoms with E-state index in [1.165, 1.54) is 0 Å². The molecule has 3 aromatic carbocycles. The fourth-order valence-corrected chi connectivity index (χ4v) is 5.90. The Bertz CT molecular complexity index is 1420. The fraction of sp³-hybridized carbons (Fsp3) is 0.179. The zero-order chi connectivity index (χ0) is 25.8. The molecule has 0 spiro atoms. The average Bonchev–Trinajstić information content (AvgIpc) is 2.94. The van der Waals surface area contributed by atoms with Crippen LogP contribution in [0.25, 0.3) is 16.8 Å². The molecule has 1 N–H and O–H groups in total. The number of hydrogen-bond donors (Lipinski definition) is 3. The maximum absolute atomic E-state index is 13.0. The van der Waals surface area contributed by atoms with Crippen molar-refractivity contribution >= 4 is 46.7 Å². The highest BCUT2D eigenvalue weighted by atomic mass is 32.2. The number of anilines is 2. The number of rotatable bonds is 7. The molecule has 1 aliphatic heterocycles. The van der Waals surface area contributed by atoms with Gasteiger partial charge in [0.05, 0.1) is 9.60 Å². The third-order valence-electron chi connectivity index (χ3n) is 6.51. The maximum atomic E-state index is 13.0. The molecule has 0 amide bonds. The lowest BCUT2D eigenvalue weighted by Gasteiger charge is -2.37. The number of nitrogens with zero attached hydrogens (tertiary/aromatic N) is 3. The number of benzene rings is 3. The number of aromatic nitrogens is 1. The number of sulfonamides is 1. The van der Waals surface area contributed by atoms with E-state index in [-0.39, 0.29) is 9.60 Å². The third kappa shape index (κ3) is 6.13. The molecule has 9 heteroatoms. The van der Waals surface area contributed by atoms with Gasteiger partial charge in [-0.3, -0.25) is 9.62 Å². The highest BCUT2D eigenvalue weighted by Gasteiger charge is 2.20. The lowest BCUT2D eigenvalue weighted by molar-refractivity contribution is -0.595. The Balaban J connectivity index is 1.23. The SMILES string of the molecule is O=S(=O)(Nc1ccc(N2CCN(C(S)S)CC2)cc1)c1ccc(-[n+]2ccc(-c3ccccc3)cc2)cc1. The average molecular weight is 550 g/mol. The second-order valence-electron chi connectivity index (χ2n) is 8.88. The summed E-state index contributed by atoms with van der Waals surface area (Å²) < 4.78 is 30.6. The molecule has 2 heterocycles. The van der Waals surface area contributed by atoms with Gasteiger partial charge in [-0.15, -0.1) is 25.3 Å². The summed E-state index contributed by atoms with van der Waals surface area (Å²) in [7, 11) is -3.71. The largest absolute Gasteiger partial charge is 0.369 e. The Hall–Kier alpha value is -2.98. The molecule has 6 nitrogen and oxygen atoms in total. The standard InChI is InChI=1S/C28H28N4O2S3/c33-37(34,29-24-6-8-25(9-7-24)31-18-20-32(21-19-31)28(35)36)27-12-10-26(11-13-27)30-16-14-23(15-17-30)22-4-2-1-3-5-22/h1-17,28-29H,18-21H2,(H-,35,36)/p+1. The topological polar surface area (TPSA) is 56.5 Å². The highest BCUT2D eigenvalue weighted by molar-refractivity contribution is 7.99. The normalized spacial score (nSPS) is 14.6. The van der Waals surface area contributed by atoms with Crippen LogP contribution in [-0.2, 0) is 10.0 Å². The van der Waals surface area contributed by atoms with E-state index in [0.29, 0.717) is 5.69 Å². The molecule has 5 rings (SSSR count). The second-order valence-corrected chi connectivity index (χ2v) is 11.9. The molecule has 1 aliphatic rings. The monoisotopic (exact) mass is 549 g/mol. The van der Waals surface area contributed by atoms with Gasteiger partial charge in [-0.1, -0.05) is 30.3 Å². The van der Waals surface area contributed by atoms with Crippen molar-refractivity contribution < 1.29 is 13.0 Å². The zero-order valence-electron chi connectivity index (χ0n) is 20.2. The Morgan fingerprint density at radius 2 is 1.32 bits per heavy atom. The van der Waals surface area contributed by atoms with Crippen LogP contribution in [0.2, 0.25) is 0 Å². The van der Waals surface area contributed by atoms with Crippen molar-refractivity contribution in [1.82, 2.24) is 4.90 Å². The number of piperazine rings is 1.